The Balaban J connectivity index is 2.38. The van der Waals surface area contributed by atoms with Crippen molar-refractivity contribution in [1.82, 2.24) is 4.57 Å². The zero-order chi connectivity index (χ0) is 22.4. The highest BCUT2D eigenvalue weighted by atomic mass is 16.5. The molecule has 0 aliphatic rings. The number of ether oxygens (including phenoxy) is 2. The van der Waals surface area contributed by atoms with Gasteiger partial charge in [0.2, 0.25) is 11.7 Å². The van der Waals surface area contributed by atoms with Crippen LogP contribution in [0.15, 0.2) is 29.1 Å². The monoisotopic (exact) mass is 412 g/mol. The average Bonchev–Trinajstić information content (AvgIpc) is 2.71. The van der Waals surface area contributed by atoms with E-state index in [1.807, 2.05) is 18.2 Å². The summed E-state index contributed by atoms with van der Waals surface area (Å²) in [6, 6.07) is 9.30. The maximum absolute atomic E-state index is 13.1. The number of hydrogen-bond acceptors (Lipinski definition) is 6. The SMILES string of the molecule is COCCCn1c(O)c(C(=O)C(C)Oc2ccc(C(C)C)cc2)c(C)c(C#N)c1=O. The van der Waals surface area contributed by atoms with Gasteiger partial charge in [-0.25, -0.2) is 0 Å². The number of carbonyl (C=O) groups excluding carboxylic acids is 1. The Morgan fingerprint density at radius 3 is 2.40 bits per heavy atom. The second kappa shape index (κ2) is 10.1. The van der Waals surface area contributed by atoms with Crippen molar-refractivity contribution in [2.75, 3.05) is 13.7 Å². The first-order valence-corrected chi connectivity index (χ1v) is 9.89. The third-order valence-corrected chi connectivity index (χ3v) is 5.01. The van der Waals surface area contributed by atoms with Gasteiger partial charge in [-0.2, -0.15) is 5.26 Å². The van der Waals surface area contributed by atoms with Crippen LogP contribution in [-0.2, 0) is 11.3 Å². The number of nitriles is 1. The smallest absolute Gasteiger partial charge is 0.271 e. The lowest BCUT2D eigenvalue weighted by molar-refractivity contribution is 0.0812. The lowest BCUT2D eigenvalue weighted by Crippen LogP contribution is -2.31. The van der Waals surface area contributed by atoms with Crippen LogP contribution in [0, 0.1) is 18.3 Å². The number of aromatic nitrogens is 1. The second-order valence-corrected chi connectivity index (χ2v) is 7.46. The molecule has 7 nitrogen and oxygen atoms in total. The molecule has 0 aliphatic heterocycles. The van der Waals surface area contributed by atoms with E-state index in [9.17, 15) is 20.0 Å². The fourth-order valence-corrected chi connectivity index (χ4v) is 3.21. The van der Waals surface area contributed by atoms with Crippen molar-refractivity contribution in [3.8, 4) is 17.7 Å². The minimum Gasteiger partial charge on any atom is -0.494 e. The van der Waals surface area contributed by atoms with Crippen LogP contribution in [0.3, 0.4) is 0 Å². The van der Waals surface area contributed by atoms with Gasteiger partial charge in [-0.3, -0.25) is 14.2 Å². The summed E-state index contributed by atoms with van der Waals surface area (Å²) in [6.45, 7) is 7.72. The zero-order valence-electron chi connectivity index (χ0n) is 18.1. The van der Waals surface area contributed by atoms with E-state index in [0.717, 1.165) is 10.1 Å². The van der Waals surface area contributed by atoms with Gasteiger partial charge < -0.3 is 14.6 Å². The standard InChI is InChI=1S/C23H28N2O5/c1-14(2)17-7-9-18(10-8-17)30-16(4)21(26)20-15(3)19(13-24)22(27)25(23(20)28)11-6-12-29-5/h7-10,14,16,28H,6,11-12H2,1-5H3. The average molecular weight is 412 g/mol. The largest absolute Gasteiger partial charge is 0.494 e. The first-order chi connectivity index (χ1) is 14.2. The fraction of sp³-hybridized carbons (Fsp3) is 0.435. The van der Waals surface area contributed by atoms with Crippen molar-refractivity contribution in [3.05, 3.63) is 56.9 Å². The van der Waals surface area contributed by atoms with Crippen molar-refractivity contribution in [2.45, 2.75) is 52.7 Å². The zero-order valence-corrected chi connectivity index (χ0v) is 18.1. The van der Waals surface area contributed by atoms with Gasteiger partial charge in [0.1, 0.15) is 17.4 Å². The number of methoxy groups -OCH3 is 1. The van der Waals surface area contributed by atoms with E-state index in [1.54, 1.807) is 19.1 Å². The van der Waals surface area contributed by atoms with Crippen LogP contribution >= 0.6 is 0 Å². The van der Waals surface area contributed by atoms with Gasteiger partial charge in [-0.05, 0) is 49.4 Å². The highest BCUT2D eigenvalue weighted by molar-refractivity contribution is 6.03. The van der Waals surface area contributed by atoms with E-state index < -0.39 is 23.3 Å². The summed E-state index contributed by atoms with van der Waals surface area (Å²) in [4.78, 5) is 25.6. The molecular formula is C23H28N2O5. The molecule has 0 saturated heterocycles. The van der Waals surface area contributed by atoms with Crippen molar-refractivity contribution < 1.29 is 19.4 Å². The lowest BCUT2D eigenvalue weighted by atomic mass is 9.99. The summed E-state index contributed by atoms with van der Waals surface area (Å²) in [7, 11) is 1.53. The highest BCUT2D eigenvalue weighted by Crippen LogP contribution is 2.26. The summed E-state index contributed by atoms with van der Waals surface area (Å²) in [5, 5.41) is 20.1. The fourth-order valence-electron chi connectivity index (χ4n) is 3.21. The Hall–Kier alpha value is -3.11. The number of carbonyl (C=O) groups is 1. The van der Waals surface area contributed by atoms with Gasteiger partial charge in [-0.15, -0.1) is 0 Å². The first-order valence-electron chi connectivity index (χ1n) is 9.89. The molecule has 7 heteroatoms. The molecule has 0 saturated carbocycles. The van der Waals surface area contributed by atoms with Gasteiger partial charge >= 0.3 is 0 Å². The van der Waals surface area contributed by atoms with Crippen molar-refractivity contribution in [3.63, 3.8) is 0 Å². The Labute approximate surface area is 176 Å². The Kier molecular flexibility index (Phi) is 7.79. The summed E-state index contributed by atoms with van der Waals surface area (Å²) in [6.07, 6.45) is -0.476. The predicted molar refractivity (Wildman–Crippen MR) is 113 cm³/mol. The van der Waals surface area contributed by atoms with Crippen LogP contribution < -0.4 is 10.3 Å². The van der Waals surface area contributed by atoms with Gasteiger partial charge in [0, 0.05) is 20.3 Å². The molecule has 160 valence electrons. The molecule has 1 unspecified atom stereocenters. The Bertz CT molecular complexity index is 1000. The number of Topliss-reactive ketones (excluding diaryl/α,β-unsaturated/α-hetero) is 1. The van der Waals surface area contributed by atoms with Gasteiger partial charge in [0.05, 0.1) is 5.56 Å². The van der Waals surface area contributed by atoms with Crippen LogP contribution in [0.4, 0.5) is 0 Å². The number of benzene rings is 1. The van der Waals surface area contributed by atoms with E-state index in [-0.39, 0.29) is 23.2 Å². The van der Waals surface area contributed by atoms with Crippen LogP contribution in [0.1, 0.15) is 60.2 Å². The highest BCUT2D eigenvalue weighted by Gasteiger charge is 2.28. The Morgan fingerprint density at radius 2 is 1.87 bits per heavy atom. The second-order valence-electron chi connectivity index (χ2n) is 7.46. The minimum atomic E-state index is -0.920. The van der Waals surface area contributed by atoms with Crippen molar-refractivity contribution in [2.24, 2.45) is 0 Å². The summed E-state index contributed by atoms with van der Waals surface area (Å²) in [5.74, 6) is -0.0642. The van der Waals surface area contributed by atoms with E-state index in [2.05, 4.69) is 13.8 Å². The number of aromatic hydroxyl groups is 1. The molecular weight excluding hydrogens is 384 g/mol. The maximum Gasteiger partial charge on any atom is 0.271 e. The molecule has 1 aromatic carbocycles. The van der Waals surface area contributed by atoms with E-state index in [4.69, 9.17) is 9.47 Å². The molecule has 1 atom stereocenters. The molecule has 30 heavy (non-hydrogen) atoms. The molecule has 0 radical (unpaired) electrons. The molecule has 0 aliphatic carbocycles. The molecule has 0 spiro atoms. The minimum absolute atomic E-state index is 0.0742. The summed E-state index contributed by atoms with van der Waals surface area (Å²) >= 11 is 0. The lowest BCUT2D eigenvalue weighted by Gasteiger charge is -2.19. The van der Waals surface area contributed by atoms with Gasteiger partial charge in [0.25, 0.3) is 5.56 Å². The normalized spacial score (nSPS) is 11.9. The van der Waals surface area contributed by atoms with E-state index in [1.165, 1.54) is 14.0 Å². The van der Waals surface area contributed by atoms with Gasteiger partial charge in [0.15, 0.2) is 6.10 Å². The van der Waals surface area contributed by atoms with Crippen molar-refractivity contribution >= 4 is 5.78 Å². The van der Waals surface area contributed by atoms with E-state index >= 15 is 0 Å². The topological polar surface area (TPSA) is 102 Å². The molecule has 0 fully saturated rings. The molecule has 2 aromatic rings. The molecule has 1 N–H and O–H groups in total. The summed E-state index contributed by atoms with van der Waals surface area (Å²) < 4.78 is 11.8. The van der Waals surface area contributed by atoms with Crippen LogP contribution in [0.2, 0.25) is 0 Å². The van der Waals surface area contributed by atoms with Crippen molar-refractivity contribution in [1.29, 1.82) is 5.26 Å². The number of ketones is 1. The maximum atomic E-state index is 13.1. The van der Waals surface area contributed by atoms with Crippen LogP contribution in [-0.4, -0.2) is 35.3 Å². The Morgan fingerprint density at radius 1 is 1.23 bits per heavy atom. The predicted octanol–water partition coefficient (Wildman–Crippen LogP) is 3.54. The van der Waals surface area contributed by atoms with E-state index in [0.29, 0.717) is 24.7 Å². The summed E-state index contributed by atoms with van der Waals surface area (Å²) in [5.41, 5.74) is 0.435. The third kappa shape index (κ3) is 4.89. The third-order valence-electron chi connectivity index (χ3n) is 5.01. The van der Waals surface area contributed by atoms with Gasteiger partial charge in [-0.1, -0.05) is 26.0 Å². The molecule has 2 rings (SSSR count). The first kappa shape index (κ1) is 23.2. The number of nitrogens with zero attached hydrogens (tertiary/aromatic N) is 2. The quantitative estimate of drug-likeness (QED) is 0.499. The van der Waals surface area contributed by atoms with Crippen LogP contribution in [0.25, 0.3) is 0 Å². The number of rotatable bonds is 9. The molecule has 0 bridgehead atoms. The number of pyridine rings is 1. The molecule has 0 amide bonds. The molecule has 1 heterocycles. The van der Waals surface area contributed by atoms with Crippen LogP contribution in [0.5, 0.6) is 11.6 Å². The molecule has 1 aromatic heterocycles. The number of hydrogen-bond donors (Lipinski definition) is 1.